The summed E-state index contributed by atoms with van der Waals surface area (Å²) in [6.45, 7) is 2.35. The lowest BCUT2D eigenvalue weighted by atomic mass is 9.90. The zero-order valence-electron chi connectivity index (χ0n) is 21.1. The van der Waals surface area contributed by atoms with Crippen molar-refractivity contribution in [1.82, 2.24) is 15.1 Å². The van der Waals surface area contributed by atoms with E-state index in [1.165, 1.54) is 12.1 Å². The lowest BCUT2D eigenvalue weighted by Gasteiger charge is -2.43. The lowest BCUT2D eigenvalue weighted by Crippen LogP contribution is -2.59. The first-order valence-corrected chi connectivity index (χ1v) is 13.2. The fourth-order valence-corrected chi connectivity index (χ4v) is 5.47. The third-order valence-electron chi connectivity index (χ3n) is 7.84. The van der Waals surface area contributed by atoms with E-state index in [9.17, 15) is 19.7 Å². The third kappa shape index (κ3) is 6.80. The molecule has 3 N–H and O–H groups in total. The van der Waals surface area contributed by atoms with E-state index in [0.717, 1.165) is 50.5 Å². The Hall–Kier alpha value is -2.56. The molecule has 0 aromatic heterocycles. The molecular formula is C26H39N5O5. The van der Waals surface area contributed by atoms with E-state index >= 15 is 0 Å². The van der Waals surface area contributed by atoms with Crippen LogP contribution in [0.25, 0.3) is 0 Å². The molecule has 2 saturated carbocycles. The van der Waals surface area contributed by atoms with Crippen LogP contribution in [0.4, 0.5) is 5.69 Å². The maximum Gasteiger partial charge on any atom is 0.269 e. The number of non-ortho nitro benzene ring substituents is 1. The van der Waals surface area contributed by atoms with Crippen molar-refractivity contribution in [3.63, 3.8) is 0 Å². The summed E-state index contributed by atoms with van der Waals surface area (Å²) in [6, 6.07) is 6.52. The van der Waals surface area contributed by atoms with Crippen molar-refractivity contribution >= 4 is 17.5 Å². The number of nitro groups is 1. The number of carbonyl (C=O) groups excluding carboxylic acids is 2. The number of rotatable bonds is 10. The highest BCUT2D eigenvalue weighted by Gasteiger charge is 2.43. The number of hydrogen-bond acceptors (Lipinski definition) is 7. The predicted octanol–water partition coefficient (Wildman–Crippen LogP) is 2.20. The van der Waals surface area contributed by atoms with E-state index in [2.05, 4.69) is 10.2 Å². The fraction of sp³-hybridized carbons (Fsp3) is 0.692. The number of nitrogens with zero attached hydrogens (tertiary/aromatic N) is 3. The second-order valence-corrected chi connectivity index (χ2v) is 10.5. The Morgan fingerprint density at radius 2 is 1.83 bits per heavy atom. The van der Waals surface area contributed by atoms with Crippen LogP contribution in [0.3, 0.4) is 0 Å². The van der Waals surface area contributed by atoms with Crippen LogP contribution in [0.1, 0.15) is 56.9 Å². The van der Waals surface area contributed by atoms with Gasteiger partial charge >= 0.3 is 0 Å². The van der Waals surface area contributed by atoms with Gasteiger partial charge in [0, 0.05) is 62.9 Å². The van der Waals surface area contributed by atoms with Gasteiger partial charge in [-0.2, -0.15) is 0 Å². The average Bonchev–Trinajstić information content (AvgIpc) is 3.73. The molecule has 1 unspecified atom stereocenters. The number of hydrogen-bond donors (Lipinski definition) is 2. The van der Waals surface area contributed by atoms with Crippen molar-refractivity contribution in [3.8, 4) is 0 Å². The highest BCUT2D eigenvalue weighted by Crippen LogP contribution is 2.34. The van der Waals surface area contributed by atoms with Gasteiger partial charge in [0.05, 0.1) is 11.5 Å². The SMILES string of the molecule is COCCN(Cc1ccc([N+](=O)[O-])cc1)C1CCN(C(=O)C2CC2)[C@@H](C(=O)NC2CCC(N)CC2)C1. The van der Waals surface area contributed by atoms with Gasteiger partial charge in [-0.3, -0.25) is 24.6 Å². The van der Waals surface area contributed by atoms with Crippen molar-refractivity contribution < 1.29 is 19.2 Å². The van der Waals surface area contributed by atoms with Crippen LogP contribution in [0.15, 0.2) is 24.3 Å². The van der Waals surface area contributed by atoms with Crippen LogP contribution in [-0.2, 0) is 20.9 Å². The Labute approximate surface area is 212 Å². The number of likely N-dealkylation sites (tertiary alicyclic amines) is 1. The maximum atomic E-state index is 13.5. The molecule has 10 nitrogen and oxygen atoms in total. The minimum atomic E-state index is -0.491. The van der Waals surface area contributed by atoms with Crippen LogP contribution in [0.2, 0.25) is 0 Å². The molecular weight excluding hydrogens is 462 g/mol. The number of nitrogens with two attached hydrogens (primary N) is 1. The van der Waals surface area contributed by atoms with Crippen molar-refractivity contribution in [1.29, 1.82) is 0 Å². The minimum Gasteiger partial charge on any atom is -0.383 e. The van der Waals surface area contributed by atoms with Gasteiger partial charge in [0.15, 0.2) is 0 Å². The van der Waals surface area contributed by atoms with Gasteiger partial charge in [-0.05, 0) is 56.9 Å². The van der Waals surface area contributed by atoms with Crippen LogP contribution < -0.4 is 11.1 Å². The molecule has 0 radical (unpaired) electrons. The van der Waals surface area contributed by atoms with Crippen LogP contribution >= 0.6 is 0 Å². The van der Waals surface area contributed by atoms with Gasteiger partial charge < -0.3 is 20.7 Å². The number of carbonyl (C=O) groups is 2. The Morgan fingerprint density at radius 3 is 2.44 bits per heavy atom. The zero-order chi connectivity index (χ0) is 25.7. The molecule has 2 amide bonds. The van der Waals surface area contributed by atoms with E-state index in [0.29, 0.717) is 32.7 Å². The average molecular weight is 502 g/mol. The van der Waals surface area contributed by atoms with Gasteiger partial charge in [0.2, 0.25) is 11.8 Å². The number of nitrogens with one attached hydrogen (secondary N) is 1. The summed E-state index contributed by atoms with van der Waals surface area (Å²) in [7, 11) is 1.66. The highest BCUT2D eigenvalue weighted by molar-refractivity contribution is 5.89. The molecule has 2 aliphatic carbocycles. The van der Waals surface area contributed by atoms with E-state index in [4.69, 9.17) is 10.5 Å². The summed E-state index contributed by atoms with van der Waals surface area (Å²) in [5.41, 5.74) is 7.07. The molecule has 1 aromatic carbocycles. The van der Waals surface area contributed by atoms with Crippen molar-refractivity contribution in [2.45, 2.75) is 82.1 Å². The molecule has 2 atom stereocenters. The molecule has 0 bridgehead atoms. The van der Waals surface area contributed by atoms with Gasteiger partial charge in [-0.1, -0.05) is 12.1 Å². The Morgan fingerprint density at radius 1 is 1.14 bits per heavy atom. The molecule has 0 spiro atoms. The predicted molar refractivity (Wildman–Crippen MR) is 135 cm³/mol. The number of benzene rings is 1. The van der Waals surface area contributed by atoms with Gasteiger partial charge in [0.1, 0.15) is 6.04 Å². The lowest BCUT2D eigenvalue weighted by molar-refractivity contribution is -0.384. The summed E-state index contributed by atoms with van der Waals surface area (Å²) in [5.74, 6) is 0.114. The van der Waals surface area contributed by atoms with Gasteiger partial charge in [-0.25, -0.2) is 0 Å². The Bertz CT molecular complexity index is 914. The zero-order valence-corrected chi connectivity index (χ0v) is 21.1. The number of ether oxygens (including phenoxy) is 1. The first-order valence-electron chi connectivity index (χ1n) is 13.2. The minimum absolute atomic E-state index is 0.0591. The molecule has 198 valence electrons. The molecule has 1 saturated heterocycles. The Balaban J connectivity index is 1.47. The van der Waals surface area contributed by atoms with Gasteiger partial charge in [-0.15, -0.1) is 0 Å². The molecule has 1 aliphatic heterocycles. The second-order valence-electron chi connectivity index (χ2n) is 10.5. The van der Waals surface area contributed by atoms with Crippen molar-refractivity contribution in [2.75, 3.05) is 26.8 Å². The summed E-state index contributed by atoms with van der Waals surface area (Å²) in [5, 5.41) is 14.2. The highest BCUT2D eigenvalue weighted by atomic mass is 16.6. The molecule has 3 aliphatic rings. The number of nitro benzene ring substituents is 1. The summed E-state index contributed by atoms with van der Waals surface area (Å²) in [6.07, 6.45) is 6.72. The van der Waals surface area contributed by atoms with E-state index < -0.39 is 11.0 Å². The first-order chi connectivity index (χ1) is 17.4. The maximum absolute atomic E-state index is 13.5. The Kier molecular flexibility index (Phi) is 8.92. The normalized spacial score (nSPS) is 26.6. The smallest absolute Gasteiger partial charge is 0.269 e. The topological polar surface area (TPSA) is 131 Å². The summed E-state index contributed by atoms with van der Waals surface area (Å²) >= 11 is 0. The molecule has 10 heteroatoms. The van der Waals surface area contributed by atoms with Crippen LogP contribution in [0.5, 0.6) is 0 Å². The quantitative estimate of drug-likeness (QED) is 0.371. The van der Waals surface area contributed by atoms with Crippen LogP contribution in [-0.4, -0.2) is 77.5 Å². The summed E-state index contributed by atoms with van der Waals surface area (Å²) in [4.78, 5) is 41.3. The molecule has 1 heterocycles. The first kappa shape index (κ1) is 26.5. The molecule has 4 rings (SSSR count). The van der Waals surface area contributed by atoms with E-state index in [1.807, 2.05) is 4.90 Å². The van der Waals surface area contributed by atoms with E-state index in [-0.39, 0.29) is 41.5 Å². The van der Waals surface area contributed by atoms with Crippen molar-refractivity contribution in [2.24, 2.45) is 11.7 Å². The third-order valence-corrected chi connectivity index (χ3v) is 7.84. The van der Waals surface area contributed by atoms with Crippen LogP contribution in [0, 0.1) is 16.0 Å². The fourth-order valence-electron chi connectivity index (χ4n) is 5.47. The number of piperidine rings is 1. The molecule has 36 heavy (non-hydrogen) atoms. The van der Waals surface area contributed by atoms with Gasteiger partial charge in [0.25, 0.3) is 5.69 Å². The molecule has 1 aromatic rings. The molecule has 3 fully saturated rings. The standard InChI is InChI=1S/C26H39N5O5/c1-36-15-14-29(17-18-2-10-22(11-3-18)31(34)35)23-12-13-30(26(33)19-4-5-19)24(16-23)25(32)28-21-8-6-20(27)7-9-21/h2-3,10-11,19-21,23-24H,4-9,12-17,27H2,1H3,(H,28,32)/t20?,21?,23?,24-/m1/s1. The number of methoxy groups -OCH3 is 1. The van der Waals surface area contributed by atoms with E-state index in [1.54, 1.807) is 19.2 Å². The largest absolute Gasteiger partial charge is 0.383 e. The second kappa shape index (κ2) is 12.1. The van der Waals surface area contributed by atoms with Crippen molar-refractivity contribution in [3.05, 3.63) is 39.9 Å². The summed E-state index contributed by atoms with van der Waals surface area (Å²) < 4.78 is 5.35. The monoisotopic (exact) mass is 501 g/mol. The number of amides is 2.